The van der Waals surface area contributed by atoms with Crippen LogP contribution in [0.1, 0.15) is 20.7 Å². The number of nitro groups is 1. The van der Waals surface area contributed by atoms with E-state index in [1.807, 2.05) is 0 Å². The molecule has 27 heavy (non-hydrogen) atoms. The fraction of sp³-hybridized carbons (Fsp3) is 0.0588. The minimum absolute atomic E-state index is 0.0525. The van der Waals surface area contributed by atoms with Gasteiger partial charge in [0.2, 0.25) is 0 Å². The van der Waals surface area contributed by atoms with Gasteiger partial charge in [-0.1, -0.05) is 0 Å². The largest absolute Gasteiger partial charge is 0.465 e. The summed E-state index contributed by atoms with van der Waals surface area (Å²) in [7, 11) is 1.15. The summed E-state index contributed by atoms with van der Waals surface area (Å²) in [6.07, 6.45) is 6.35. The molecule has 1 N–H and O–H groups in total. The number of rotatable bonds is 5. The average Bonchev–Trinajstić information content (AvgIpc) is 3.22. The molecule has 0 atom stereocenters. The molecule has 0 radical (unpaired) electrons. The van der Waals surface area contributed by atoms with E-state index < -0.39 is 22.5 Å². The van der Waals surface area contributed by atoms with Gasteiger partial charge in [0.1, 0.15) is 12.1 Å². The molecule has 0 aliphatic rings. The van der Waals surface area contributed by atoms with Crippen molar-refractivity contribution in [2.45, 2.75) is 0 Å². The van der Waals surface area contributed by atoms with Crippen LogP contribution < -0.4 is 5.32 Å². The van der Waals surface area contributed by atoms with E-state index in [0.717, 1.165) is 19.2 Å². The number of carbonyl (C=O) groups is 2. The third-order valence-electron chi connectivity index (χ3n) is 3.59. The second kappa shape index (κ2) is 7.44. The molecule has 136 valence electrons. The summed E-state index contributed by atoms with van der Waals surface area (Å²) in [4.78, 5) is 42.6. The van der Waals surface area contributed by atoms with Crippen LogP contribution in [0.5, 0.6) is 0 Å². The van der Waals surface area contributed by atoms with Crippen molar-refractivity contribution in [3.05, 3.63) is 76.5 Å². The number of ether oxygens (including phenoxy) is 1. The SMILES string of the molecule is COC(=O)c1cc(C(=O)Nc2ccc(-n3ccnc3)nc2)cc([N+](=O)[O-])c1. The van der Waals surface area contributed by atoms with E-state index in [9.17, 15) is 19.7 Å². The Morgan fingerprint density at radius 2 is 2.00 bits per heavy atom. The molecule has 0 fully saturated rings. The Morgan fingerprint density at radius 3 is 2.59 bits per heavy atom. The van der Waals surface area contributed by atoms with Crippen molar-refractivity contribution in [1.29, 1.82) is 0 Å². The number of aromatic nitrogens is 3. The maximum Gasteiger partial charge on any atom is 0.338 e. The molecule has 0 aliphatic carbocycles. The first kappa shape index (κ1) is 17.7. The van der Waals surface area contributed by atoms with Crippen LogP contribution in [0, 0.1) is 10.1 Å². The number of hydrogen-bond donors (Lipinski definition) is 1. The Hall–Kier alpha value is -4.08. The van der Waals surface area contributed by atoms with Gasteiger partial charge in [-0.2, -0.15) is 0 Å². The fourth-order valence-corrected chi connectivity index (χ4v) is 2.29. The summed E-state index contributed by atoms with van der Waals surface area (Å²) in [5.41, 5.74) is -0.152. The summed E-state index contributed by atoms with van der Waals surface area (Å²) in [5, 5.41) is 13.6. The van der Waals surface area contributed by atoms with Crippen molar-refractivity contribution in [2.75, 3.05) is 12.4 Å². The lowest BCUT2D eigenvalue weighted by Gasteiger charge is -2.08. The summed E-state index contributed by atoms with van der Waals surface area (Å²) in [6, 6.07) is 6.64. The first-order valence-corrected chi connectivity index (χ1v) is 7.61. The van der Waals surface area contributed by atoms with E-state index in [2.05, 4.69) is 20.0 Å². The number of imidazole rings is 1. The molecule has 0 bridgehead atoms. The molecule has 1 amide bonds. The van der Waals surface area contributed by atoms with Crippen LogP contribution in [0.4, 0.5) is 11.4 Å². The fourth-order valence-electron chi connectivity index (χ4n) is 2.29. The van der Waals surface area contributed by atoms with Gasteiger partial charge in [0.15, 0.2) is 0 Å². The van der Waals surface area contributed by atoms with E-state index in [4.69, 9.17) is 0 Å². The molecule has 0 aliphatic heterocycles. The molecule has 2 aromatic heterocycles. The zero-order valence-corrected chi connectivity index (χ0v) is 14.0. The van der Waals surface area contributed by atoms with Gasteiger partial charge in [0, 0.05) is 30.1 Å². The highest BCUT2D eigenvalue weighted by Crippen LogP contribution is 2.19. The number of nitrogens with one attached hydrogen (secondary N) is 1. The molecule has 0 unspecified atom stereocenters. The van der Waals surface area contributed by atoms with Crippen LogP contribution in [0.15, 0.2) is 55.2 Å². The molecular formula is C17H13N5O5. The number of esters is 1. The minimum atomic E-state index is -0.779. The number of benzene rings is 1. The third-order valence-corrected chi connectivity index (χ3v) is 3.59. The van der Waals surface area contributed by atoms with Crippen molar-refractivity contribution in [1.82, 2.24) is 14.5 Å². The third kappa shape index (κ3) is 3.95. The highest BCUT2D eigenvalue weighted by molar-refractivity contribution is 6.06. The molecule has 0 saturated carbocycles. The number of carbonyl (C=O) groups excluding carboxylic acids is 2. The Labute approximate surface area is 152 Å². The van der Waals surface area contributed by atoms with Gasteiger partial charge in [-0.15, -0.1) is 0 Å². The highest BCUT2D eigenvalue weighted by atomic mass is 16.6. The van der Waals surface area contributed by atoms with E-state index in [1.54, 1.807) is 35.4 Å². The van der Waals surface area contributed by atoms with Gasteiger partial charge < -0.3 is 10.1 Å². The molecule has 0 spiro atoms. The zero-order valence-electron chi connectivity index (χ0n) is 14.0. The topological polar surface area (TPSA) is 129 Å². The standard InChI is InChI=1S/C17H13N5O5/c1-27-17(24)12-6-11(7-14(8-12)22(25)26)16(23)20-13-2-3-15(19-9-13)21-5-4-18-10-21/h2-10H,1H3,(H,20,23). The Kier molecular flexibility index (Phi) is 4.88. The molecular weight excluding hydrogens is 354 g/mol. The number of hydrogen-bond acceptors (Lipinski definition) is 7. The van der Waals surface area contributed by atoms with E-state index in [-0.39, 0.29) is 11.1 Å². The first-order chi connectivity index (χ1) is 13.0. The number of nitro benzene ring substituents is 1. The van der Waals surface area contributed by atoms with Crippen molar-refractivity contribution < 1.29 is 19.2 Å². The summed E-state index contributed by atoms with van der Waals surface area (Å²) < 4.78 is 6.25. The lowest BCUT2D eigenvalue weighted by molar-refractivity contribution is -0.384. The number of nitrogens with zero attached hydrogens (tertiary/aromatic N) is 4. The van der Waals surface area contributed by atoms with Crippen molar-refractivity contribution in [3.63, 3.8) is 0 Å². The summed E-state index contributed by atoms with van der Waals surface area (Å²) in [6.45, 7) is 0. The van der Waals surface area contributed by atoms with Crippen LogP contribution in [0.3, 0.4) is 0 Å². The number of pyridine rings is 1. The molecule has 3 aromatic rings. The molecule has 0 saturated heterocycles. The maximum atomic E-state index is 12.4. The van der Waals surface area contributed by atoms with Crippen LogP contribution >= 0.6 is 0 Å². The second-order valence-electron chi connectivity index (χ2n) is 5.35. The Balaban J connectivity index is 1.84. The maximum absolute atomic E-state index is 12.4. The minimum Gasteiger partial charge on any atom is -0.465 e. The number of non-ortho nitro benzene ring substituents is 1. The zero-order chi connectivity index (χ0) is 19.4. The molecule has 1 aromatic carbocycles. The second-order valence-corrected chi connectivity index (χ2v) is 5.35. The smallest absolute Gasteiger partial charge is 0.338 e. The number of amides is 1. The Bertz CT molecular complexity index is 999. The molecule has 10 nitrogen and oxygen atoms in total. The van der Waals surface area contributed by atoms with Gasteiger partial charge in [-0.3, -0.25) is 19.5 Å². The van der Waals surface area contributed by atoms with E-state index in [1.165, 1.54) is 12.3 Å². The van der Waals surface area contributed by atoms with Gasteiger partial charge in [0.25, 0.3) is 11.6 Å². The monoisotopic (exact) mass is 367 g/mol. The number of anilines is 1. The highest BCUT2D eigenvalue weighted by Gasteiger charge is 2.18. The lowest BCUT2D eigenvalue weighted by atomic mass is 10.1. The van der Waals surface area contributed by atoms with Crippen LogP contribution in [0.2, 0.25) is 0 Å². The van der Waals surface area contributed by atoms with E-state index >= 15 is 0 Å². The summed E-state index contributed by atoms with van der Waals surface area (Å²) in [5.74, 6) is -0.797. The predicted molar refractivity (Wildman–Crippen MR) is 93.7 cm³/mol. The molecule has 3 rings (SSSR count). The van der Waals surface area contributed by atoms with E-state index in [0.29, 0.717) is 11.5 Å². The van der Waals surface area contributed by atoms with Crippen LogP contribution in [0.25, 0.3) is 5.82 Å². The molecule has 2 heterocycles. The van der Waals surface area contributed by atoms with Crippen molar-refractivity contribution >= 4 is 23.3 Å². The van der Waals surface area contributed by atoms with Crippen LogP contribution in [-0.4, -0.2) is 38.4 Å². The van der Waals surface area contributed by atoms with Gasteiger partial charge >= 0.3 is 5.97 Å². The lowest BCUT2D eigenvalue weighted by Crippen LogP contribution is -2.14. The predicted octanol–water partition coefficient (Wildman–Crippen LogP) is 2.21. The van der Waals surface area contributed by atoms with Crippen molar-refractivity contribution in [2.24, 2.45) is 0 Å². The van der Waals surface area contributed by atoms with Gasteiger partial charge in [-0.05, 0) is 18.2 Å². The average molecular weight is 367 g/mol. The quantitative estimate of drug-likeness (QED) is 0.416. The normalized spacial score (nSPS) is 10.3. The van der Waals surface area contributed by atoms with Gasteiger partial charge in [-0.25, -0.2) is 14.8 Å². The summed E-state index contributed by atoms with van der Waals surface area (Å²) >= 11 is 0. The van der Waals surface area contributed by atoms with Crippen molar-refractivity contribution in [3.8, 4) is 5.82 Å². The molecule has 10 heteroatoms. The first-order valence-electron chi connectivity index (χ1n) is 7.61. The van der Waals surface area contributed by atoms with Crippen LogP contribution in [-0.2, 0) is 4.74 Å². The number of methoxy groups -OCH3 is 1. The van der Waals surface area contributed by atoms with Gasteiger partial charge in [0.05, 0.1) is 29.5 Å². The Morgan fingerprint density at radius 1 is 1.22 bits per heavy atom.